The maximum Gasteiger partial charge on any atom is 0.264 e. The van der Waals surface area contributed by atoms with Crippen molar-refractivity contribution in [3.8, 4) is 11.5 Å². The van der Waals surface area contributed by atoms with E-state index in [9.17, 15) is 18.0 Å². The van der Waals surface area contributed by atoms with Crippen molar-refractivity contribution in [2.24, 2.45) is 0 Å². The average molecular weight is 582 g/mol. The molecule has 10 heteroatoms. The second kappa shape index (κ2) is 14.5. The Balaban J connectivity index is 2.06. The number of amides is 2. The number of sulfonamides is 1. The fraction of sp³-hybridized carbons (Fsp3) is 0.355. The number of benzene rings is 3. The van der Waals surface area contributed by atoms with Crippen LogP contribution in [0.3, 0.4) is 0 Å². The van der Waals surface area contributed by atoms with Crippen LogP contribution in [0.4, 0.5) is 5.69 Å². The Morgan fingerprint density at radius 3 is 2.02 bits per heavy atom. The Labute approximate surface area is 243 Å². The number of methoxy groups -OCH3 is 2. The molecule has 2 atom stereocenters. The lowest BCUT2D eigenvalue weighted by atomic mass is 10.1. The summed E-state index contributed by atoms with van der Waals surface area (Å²) in [6.45, 7) is 5.34. The molecule has 0 saturated carbocycles. The minimum absolute atomic E-state index is 0.0667. The van der Waals surface area contributed by atoms with Gasteiger partial charge in [0.05, 0.1) is 24.8 Å². The molecule has 3 aromatic rings. The molecule has 9 nitrogen and oxygen atoms in total. The van der Waals surface area contributed by atoms with Crippen LogP contribution in [0, 0.1) is 0 Å². The van der Waals surface area contributed by atoms with Crippen LogP contribution in [0.5, 0.6) is 11.5 Å². The number of nitrogens with one attached hydrogen (secondary N) is 1. The van der Waals surface area contributed by atoms with Crippen molar-refractivity contribution in [3.05, 3.63) is 84.4 Å². The van der Waals surface area contributed by atoms with Crippen LogP contribution in [0.1, 0.15) is 39.2 Å². The Kier molecular flexibility index (Phi) is 11.2. The molecule has 0 aliphatic rings. The smallest absolute Gasteiger partial charge is 0.264 e. The number of anilines is 1. The molecule has 41 heavy (non-hydrogen) atoms. The summed E-state index contributed by atoms with van der Waals surface area (Å²) in [6, 6.07) is 21.2. The van der Waals surface area contributed by atoms with Crippen molar-refractivity contribution in [1.82, 2.24) is 10.2 Å². The number of para-hydroxylation sites is 1. The van der Waals surface area contributed by atoms with Crippen LogP contribution in [0.25, 0.3) is 0 Å². The van der Waals surface area contributed by atoms with Gasteiger partial charge in [-0.2, -0.15) is 0 Å². The zero-order valence-corrected chi connectivity index (χ0v) is 25.1. The van der Waals surface area contributed by atoms with Crippen molar-refractivity contribution >= 4 is 27.5 Å². The molecule has 0 spiro atoms. The summed E-state index contributed by atoms with van der Waals surface area (Å²) in [4.78, 5) is 28.8. The molecule has 0 aliphatic carbocycles. The van der Waals surface area contributed by atoms with Crippen LogP contribution >= 0.6 is 0 Å². The van der Waals surface area contributed by atoms with Crippen molar-refractivity contribution < 1.29 is 27.5 Å². The Hall–Kier alpha value is -4.05. The van der Waals surface area contributed by atoms with Crippen LogP contribution < -0.4 is 19.1 Å². The monoisotopic (exact) mass is 581 g/mol. The highest BCUT2D eigenvalue weighted by Crippen LogP contribution is 2.32. The zero-order valence-electron chi connectivity index (χ0n) is 24.2. The molecule has 3 aromatic carbocycles. The lowest BCUT2D eigenvalue weighted by Crippen LogP contribution is -2.53. The molecule has 0 saturated heterocycles. The average Bonchev–Trinajstić information content (AvgIpc) is 2.99. The Bertz CT molecular complexity index is 1400. The SMILES string of the molecule is CC[C@@H](C)NC(=O)[C@H](CC)N(Cc1ccccc1)C(=O)CN(c1ccccc1)S(=O)(=O)c1ccc(OC)c(OC)c1. The van der Waals surface area contributed by atoms with E-state index in [1.165, 1.54) is 37.3 Å². The van der Waals surface area contributed by atoms with Crippen LogP contribution in [-0.2, 0) is 26.2 Å². The molecule has 0 unspecified atom stereocenters. The van der Waals surface area contributed by atoms with Gasteiger partial charge in [0.1, 0.15) is 12.6 Å². The molecule has 3 rings (SSSR count). The van der Waals surface area contributed by atoms with E-state index in [-0.39, 0.29) is 29.1 Å². The summed E-state index contributed by atoms with van der Waals surface area (Å²) >= 11 is 0. The highest BCUT2D eigenvalue weighted by atomic mass is 32.2. The molecule has 220 valence electrons. The van der Waals surface area contributed by atoms with Gasteiger partial charge in [0.25, 0.3) is 10.0 Å². The molecule has 0 radical (unpaired) electrons. The zero-order chi connectivity index (χ0) is 30.0. The molecule has 1 N–H and O–H groups in total. The quantitative estimate of drug-likeness (QED) is 0.298. The van der Waals surface area contributed by atoms with Crippen molar-refractivity contribution in [2.75, 3.05) is 25.1 Å². The van der Waals surface area contributed by atoms with E-state index in [1.54, 1.807) is 30.3 Å². The number of hydrogen-bond acceptors (Lipinski definition) is 6. The minimum atomic E-state index is -4.24. The Morgan fingerprint density at radius 2 is 1.46 bits per heavy atom. The van der Waals surface area contributed by atoms with Crippen molar-refractivity contribution in [3.63, 3.8) is 0 Å². The van der Waals surface area contributed by atoms with Crippen molar-refractivity contribution in [1.29, 1.82) is 0 Å². The number of rotatable bonds is 14. The van der Waals surface area contributed by atoms with Gasteiger partial charge >= 0.3 is 0 Å². The molecular formula is C31H39N3O6S. The molecule has 0 aromatic heterocycles. The highest BCUT2D eigenvalue weighted by Gasteiger charge is 2.34. The van der Waals surface area contributed by atoms with Crippen molar-refractivity contribution in [2.45, 2.75) is 57.1 Å². The van der Waals surface area contributed by atoms with Gasteiger partial charge in [-0.25, -0.2) is 8.42 Å². The third-order valence-electron chi connectivity index (χ3n) is 6.85. The molecule has 0 aliphatic heterocycles. The van der Waals surface area contributed by atoms with Crippen LogP contribution in [0.2, 0.25) is 0 Å². The second-order valence-corrected chi connectivity index (χ2v) is 11.5. The van der Waals surface area contributed by atoms with E-state index in [4.69, 9.17) is 9.47 Å². The van der Waals surface area contributed by atoms with Gasteiger partial charge in [-0.3, -0.25) is 13.9 Å². The summed E-state index contributed by atoms with van der Waals surface area (Å²) in [7, 11) is -1.36. The highest BCUT2D eigenvalue weighted by molar-refractivity contribution is 7.92. The number of ether oxygens (including phenoxy) is 2. The van der Waals surface area contributed by atoms with Gasteiger partial charge in [-0.15, -0.1) is 0 Å². The molecule has 0 heterocycles. The van der Waals surface area contributed by atoms with Crippen LogP contribution in [-0.4, -0.2) is 58.0 Å². The summed E-state index contributed by atoms with van der Waals surface area (Å²) in [5.74, 6) is -0.166. The maximum absolute atomic E-state index is 14.1. The summed E-state index contributed by atoms with van der Waals surface area (Å²) in [5, 5.41) is 2.98. The minimum Gasteiger partial charge on any atom is -0.493 e. The first-order valence-electron chi connectivity index (χ1n) is 13.6. The summed E-state index contributed by atoms with van der Waals surface area (Å²) in [6.07, 6.45) is 1.09. The summed E-state index contributed by atoms with van der Waals surface area (Å²) in [5.41, 5.74) is 1.14. The van der Waals surface area contributed by atoms with Gasteiger partial charge in [0.2, 0.25) is 11.8 Å². The van der Waals surface area contributed by atoms with E-state index in [2.05, 4.69) is 5.32 Å². The van der Waals surface area contributed by atoms with Gasteiger partial charge in [0, 0.05) is 18.7 Å². The number of carbonyl (C=O) groups is 2. The van der Waals surface area contributed by atoms with E-state index in [1.807, 2.05) is 51.1 Å². The van der Waals surface area contributed by atoms with Crippen LogP contribution in [0.15, 0.2) is 83.8 Å². The van der Waals surface area contributed by atoms with Gasteiger partial charge in [-0.1, -0.05) is 62.4 Å². The number of carbonyl (C=O) groups excluding carboxylic acids is 2. The van der Waals surface area contributed by atoms with E-state index >= 15 is 0 Å². The van der Waals surface area contributed by atoms with E-state index in [0.717, 1.165) is 16.3 Å². The van der Waals surface area contributed by atoms with Gasteiger partial charge in [0.15, 0.2) is 11.5 Å². The standard InChI is InChI=1S/C31H39N3O6S/c1-6-23(3)32-31(36)27(7-2)33(21-24-14-10-8-11-15-24)30(35)22-34(25-16-12-9-13-17-25)41(37,38)26-18-19-28(39-4)29(20-26)40-5/h8-20,23,27H,6-7,21-22H2,1-5H3,(H,32,36)/t23-,27+/m1/s1. The fourth-order valence-electron chi connectivity index (χ4n) is 4.37. The number of hydrogen-bond donors (Lipinski definition) is 1. The maximum atomic E-state index is 14.1. The predicted octanol–water partition coefficient (Wildman–Crippen LogP) is 4.62. The molecular weight excluding hydrogens is 542 g/mol. The van der Waals surface area contributed by atoms with E-state index in [0.29, 0.717) is 17.9 Å². The largest absolute Gasteiger partial charge is 0.493 e. The topological polar surface area (TPSA) is 105 Å². The lowest BCUT2D eigenvalue weighted by Gasteiger charge is -2.33. The van der Waals surface area contributed by atoms with Gasteiger partial charge in [-0.05, 0) is 49.6 Å². The fourth-order valence-corrected chi connectivity index (χ4v) is 5.80. The number of nitrogens with zero attached hydrogens (tertiary/aromatic N) is 2. The first-order chi connectivity index (χ1) is 19.7. The molecule has 0 bridgehead atoms. The summed E-state index contributed by atoms with van der Waals surface area (Å²) < 4.78 is 39.8. The normalized spacial score (nSPS) is 12.6. The molecule has 0 fully saturated rings. The lowest BCUT2D eigenvalue weighted by molar-refractivity contribution is -0.140. The Morgan fingerprint density at radius 1 is 0.854 bits per heavy atom. The van der Waals surface area contributed by atoms with Gasteiger partial charge < -0.3 is 19.7 Å². The predicted molar refractivity (Wildman–Crippen MR) is 159 cm³/mol. The second-order valence-electron chi connectivity index (χ2n) is 9.61. The third kappa shape index (κ3) is 7.79. The third-order valence-corrected chi connectivity index (χ3v) is 8.62. The molecule has 2 amide bonds. The first kappa shape index (κ1) is 31.5. The first-order valence-corrected chi connectivity index (χ1v) is 15.0. The van der Waals surface area contributed by atoms with E-state index < -0.39 is 28.5 Å².